The van der Waals surface area contributed by atoms with Crippen molar-refractivity contribution in [1.82, 2.24) is 9.44 Å². The zero-order chi connectivity index (χ0) is 50.9. The summed E-state index contributed by atoms with van der Waals surface area (Å²) in [4.78, 5) is 24.7. The molecule has 0 saturated heterocycles. The zero-order valence-corrected chi connectivity index (χ0v) is 44.7. The van der Waals surface area contributed by atoms with E-state index in [1.807, 2.05) is 75.4 Å². The van der Waals surface area contributed by atoms with Crippen molar-refractivity contribution in [3.8, 4) is 22.6 Å². The predicted molar refractivity (Wildman–Crippen MR) is 277 cm³/mol. The van der Waals surface area contributed by atoms with E-state index in [2.05, 4.69) is 51.4 Å². The lowest BCUT2D eigenvalue weighted by Crippen LogP contribution is -2.29. The lowest BCUT2D eigenvalue weighted by molar-refractivity contribution is -0.158. The number of fused-ring (bicyclic) bond motifs is 2. The van der Waals surface area contributed by atoms with E-state index in [-0.39, 0.29) is 29.0 Å². The highest BCUT2D eigenvalue weighted by Crippen LogP contribution is 2.37. The first kappa shape index (κ1) is 54.3. The van der Waals surface area contributed by atoms with Gasteiger partial charge in [-0.2, -0.15) is 0 Å². The van der Waals surface area contributed by atoms with E-state index in [0.29, 0.717) is 34.7 Å². The number of rotatable bonds is 14. The smallest absolute Gasteiger partial charge is 0.344 e. The summed E-state index contributed by atoms with van der Waals surface area (Å²) in [5.74, 6) is 0.690. The Bertz CT molecular complexity index is 2850. The minimum absolute atomic E-state index is 0.192. The van der Waals surface area contributed by atoms with Crippen LogP contribution in [0.25, 0.3) is 11.1 Å². The molecular weight excluding hydrogens is 993 g/mol. The highest BCUT2D eigenvalue weighted by atomic mass is 79.9. The summed E-state index contributed by atoms with van der Waals surface area (Å²) in [5, 5.41) is 0. The molecule has 0 radical (unpaired) electrons. The molecule has 2 N–H and O–H groups in total. The molecule has 5 aromatic carbocycles. The molecule has 2 aliphatic carbocycles. The van der Waals surface area contributed by atoms with Gasteiger partial charge in [-0.1, -0.05) is 109 Å². The quantitative estimate of drug-likeness (QED) is 0.0808. The van der Waals surface area contributed by atoms with E-state index in [1.54, 1.807) is 63.2 Å². The molecule has 0 aliphatic heterocycles. The summed E-state index contributed by atoms with van der Waals surface area (Å²) >= 11 is 3.33. The van der Waals surface area contributed by atoms with Crippen molar-refractivity contribution in [2.45, 2.75) is 146 Å². The Balaban J connectivity index is 0.000000236. The van der Waals surface area contributed by atoms with Gasteiger partial charge in [0.2, 0.25) is 20.0 Å². The highest BCUT2D eigenvalue weighted by Gasteiger charge is 2.29. The number of hydrogen-bond donors (Lipinski definition) is 2. The standard InChI is InChI=1S/C32H39NO5S.C23H28BrNO5S/c1-22(2)23-11-8-12-24(19-23)25-13-9-14-26(20-25)39(35,36)33-29-17-7-6-15-28-27(29)16-10-18-30(28)37-21-31(34)38-32(3,4)5;1-23(2,3)30-22(26)15-29-21-13-7-11-18-19(21)10-4-5-12-20(18)25-31(27,28)17-9-6-8-16(24)14-17/h8-14,16,18-20,22,29,33H,6-7,15,17,21H2,1-5H3;6-9,11,13-14,20,25H,4-5,10,12,15H2,1-3H3. The van der Waals surface area contributed by atoms with Crippen molar-refractivity contribution in [2.75, 3.05) is 13.2 Å². The maximum atomic E-state index is 13.6. The number of halogens is 1. The fraction of sp³-hybridized carbons (Fsp3) is 0.418. The molecule has 0 saturated carbocycles. The summed E-state index contributed by atoms with van der Waals surface area (Å²) in [6, 6.07) is 32.4. The third-order valence-electron chi connectivity index (χ3n) is 11.7. The van der Waals surface area contributed by atoms with E-state index in [1.165, 1.54) is 5.56 Å². The van der Waals surface area contributed by atoms with Crippen molar-refractivity contribution in [3.05, 3.63) is 141 Å². The van der Waals surface area contributed by atoms with E-state index < -0.39 is 49.2 Å². The predicted octanol–water partition coefficient (Wildman–Crippen LogP) is 11.9. The molecule has 0 amide bonds. The van der Waals surface area contributed by atoms with Crippen LogP contribution in [0.3, 0.4) is 0 Å². The molecule has 5 aromatic rings. The first-order chi connectivity index (χ1) is 33.0. The van der Waals surface area contributed by atoms with Gasteiger partial charge in [0.15, 0.2) is 13.2 Å². The minimum atomic E-state index is -3.80. The lowest BCUT2D eigenvalue weighted by Gasteiger charge is -2.22. The van der Waals surface area contributed by atoms with Crippen molar-refractivity contribution in [3.63, 3.8) is 0 Å². The highest BCUT2D eigenvalue weighted by molar-refractivity contribution is 9.10. The van der Waals surface area contributed by atoms with Crippen molar-refractivity contribution >= 4 is 47.9 Å². The Labute approximate surface area is 423 Å². The summed E-state index contributed by atoms with van der Waals surface area (Å²) in [5.41, 5.74) is 5.53. The Morgan fingerprint density at radius 2 is 1.01 bits per heavy atom. The molecule has 15 heteroatoms. The normalized spacial score (nSPS) is 16.3. The van der Waals surface area contributed by atoms with Gasteiger partial charge >= 0.3 is 11.9 Å². The topological polar surface area (TPSA) is 163 Å². The minimum Gasteiger partial charge on any atom is -0.482 e. The fourth-order valence-electron chi connectivity index (χ4n) is 8.56. The van der Waals surface area contributed by atoms with Gasteiger partial charge in [-0.15, -0.1) is 0 Å². The molecular formula is C55H67BrN2O10S2. The number of sulfonamides is 2. The van der Waals surface area contributed by atoms with Gasteiger partial charge < -0.3 is 18.9 Å². The maximum Gasteiger partial charge on any atom is 0.344 e. The molecule has 2 unspecified atom stereocenters. The van der Waals surface area contributed by atoms with Crippen LogP contribution in [0.15, 0.2) is 123 Å². The molecule has 376 valence electrons. The van der Waals surface area contributed by atoms with Gasteiger partial charge in [0.05, 0.1) is 9.79 Å². The third-order valence-corrected chi connectivity index (χ3v) is 15.1. The summed E-state index contributed by atoms with van der Waals surface area (Å²) in [6.07, 6.45) is 6.44. The second-order valence-corrected chi connectivity index (χ2v) is 24.3. The first-order valence-corrected chi connectivity index (χ1v) is 27.7. The second kappa shape index (κ2) is 23.4. The van der Waals surface area contributed by atoms with Gasteiger partial charge in [-0.3, -0.25) is 0 Å². The number of nitrogens with one attached hydrogen (secondary N) is 2. The second-order valence-electron chi connectivity index (χ2n) is 20.0. The van der Waals surface area contributed by atoms with E-state index in [4.69, 9.17) is 18.9 Å². The lowest BCUT2D eigenvalue weighted by atomic mass is 9.97. The molecule has 12 nitrogen and oxygen atoms in total. The summed E-state index contributed by atoms with van der Waals surface area (Å²) < 4.78 is 82.1. The van der Waals surface area contributed by atoms with E-state index in [9.17, 15) is 26.4 Å². The van der Waals surface area contributed by atoms with Gasteiger partial charge in [-0.25, -0.2) is 35.9 Å². The van der Waals surface area contributed by atoms with Crippen LogP contribution in [-0.4, -0.2) is 53.2 Å². The Morgan fingerprint density at radius 1 is 0.586 bits per heavy atom. The molecule has 0 heterocycles. The molecule has 2 aliphatic rings. The van der Waals surface area contributed by atoms with Crippen molar-refractivity contribution in [2.24, 2.45) is 0 Å². The summed E-state index contributed by atoms with van der Waals surface area (Å²) in [6.45, 7) is 14.8. The largest absolute Gasteiger partial charge is 0.482 e. The Morgan fingerprint density at radius 3 is 1.47 bits per heavy atom. The van der Waals surface area contributed by atoms with Gasteiger partial charge in [-0.05, 0) is 167 Å². The first-order valence-electron chi connectivity index (χ1n) is 23.9. The SMILES string of the molecule is CC(C)(C)OC(=O)COc1cccc2c1CCCCC2NS(=O)(=O)c1cccc(Br)c1.CC(C)c1cccc(-c2cccc(S(=O)(=O)NC3CCCCc4c(OCC(=O)OC(C)(C)C)cccc43)c2)c1. The van der Waals surface area contributed by atoms with Crippen LogP contribution in [0.2, 0.25) is 0 Å². The molecule has 70 heavy (non-hydrogen) atoms. The molecule has 0 spiro atoms. The third kappa shape index (κ3) is 15.5. The van der Waals surface area contributed by atoms with E-state index in [0.717, 1.165) is 71.9 Å². The average molecular weight is 1060 g/mol. The van der Waals surface area contributed by atoms with Crippen LogP contribution in [0.1, 0.15) is 140 Å². The molecule has 0 aromatic heterocycles. The molecule has 7 rings (SSSR count). The van der Waals surface area contributed by atoms with Gasteiger partial charge in [0, 0.05) is 16.6 Å². The molecule has 0 fully saturated rings. The maximum absolute atomic E-state index is 13.6. The van der Waals surface area contributed by atoms with Crippen LogP contribution in [-0.2, 0) is 52.0 Å². The Hall–Kier alpha value is -5.06. The number of carbonyl (C=O) groups is 2. The molecule has 0 bridgehead atoms. The number of benzene rings is 5. The number of carbonyl (C=O) groups excluding carboxylic acids is 2. The van der Waals surface area contributed by atoms with Crippen molar-refractivity contribution in [1.29, 1.82) is 0 Å². The Kier molecular flexibility index (Phi) is 18.2. The zero-order valence-electron chi connectivity index (χ0n) is 41.5. The average Bonchev–Trinajstić information content (AvgIpc) is 3.62. The van der Waals surface area contributed by atoms with Crippen LogP contribution < -0.4 is 18.9 Å². The van der Waals surface area contributed by atoms with Crippen LogP contribution in [0.4, 0.5) is 0 Å². The molecule has 2 atom stereocenters. The van der Waals surface area contributed by atoms with Crippen LogP contribution in [0, 0.1) is 0 Å². The number of esters is 2. The summed E-state index contributed by atoms with van der Waals surface area (Å²) in [7, 11) is -7.49. The van der Waals surface area contributed by atoms with Crippen molar-refractivity contribution < 1.29 is 45.4 Å². The number of ether oxygens (including phenoxy) is 4. The monoisotopic (exact) mass is 1060 g/mol. The number of hydrogen-bond acceptors (Lipinski definition) is 10. The fourth-order valence-corrected chi connectivity index (χ4v) is 11.7. The van der Waals surface area contributed by atoms with Gasteiger partial charge in [0.25, 0.3) is 0 Å². The van der Waals surface area contributed by atoms with Gasteiger partial charge in [0.1, 0.15) is 22.7 Å². The van der Waals surface area contributed by atoms with E-state index >= 15 is 0 Å². The van der Waals surface area contributed by atoms with Crippen LogP contribution in [0.5, 0.6) is 11.5 Å². The van der Waals surface area contributed by atoms with Crippen LogP contribution >= 0.6 is 15.9 Å².